The van der Waals surface area contributed by atoms with Crippen molar-refractivity contribution in [1.29, 1.82) is 0 Å². The minimum absolute atomic E-state index is 0.0703. The van der Waals surface area contributed by atoms with Gasteiger partial charge in [0.25, 0.3) is 0 Å². The average molecular weight is 275 g/mol. The lowest BCUT2D eigenvalue weighted by Gasteiger charge is -2.32. The molecule has 1 aliphatic rings. The first-order valence-corrected chi connectivity index (χ1v) is 6.95. The number of aromatic carboxylic acids is 1. The molecule has 1 aromatic carbocycles. The highest BCUT2D eigenvalue weighted by molar-refractivity contribution is 5.98. The summed E-state index contributed by atoms with van der Waals surface area (Å²) >= 11 is 0. The molecular weight excluding hydrogens is 254 g/mol. The fourth-order valence-corrected chi connectivity index (χ4v) is 2.63. The summed E-state index contributed by atoms with van der Waals surface area (Å²) < 4.78 is 0. The van der Waals surface area contributed by atoms with Crippen molar-refractivity contribution in [1.82, 2.24) is 0 Å². The van der Waals surface area contributed by atoms with Gasteiger partial charge in [-0.3, -0.25) is 4.79 Å². The zero-order valence-electron chi connectivity index (χ0n) is 12.3. The van der Waals surface area contributed by atoms with Gasteiger partial charge in [-0.05, 0) is 36.0 Å². The van der Waals surface area contributed by atoms with Crippen LogP contribution in [0.1, 0.15) is 49.5 Å². The standard InChI is InChI=1S/C16H21NO3/c1-16(2,3)10-14(18)17-9-5-7-11-12(15(19)20)6-4-8-13(11)17/h4,6,8H,5,7,9-10H2,1-3H3,(H,19,20). The van der Waals surface area contributed by atoms with Crippen LogP contribution in [0.4, 0.5) is 5.69 Å². The highest BCUT2D eigenvalue weighted by Gasteiger charge is 2.28. The van der Waals surface area contributed by atoms with E-state index in [9.17, 15) is 14.7 Å². The second-order valence-corrected chi connectivity index (χ2v) is 6.49. The number of fused-ring (bicyclic) bond motifs is 1. The van der Waals surface area contributed by atoms with Gasteiger partial charge in [0.15, 0.2) is 0 Å². The Kier molecular flexibility index (Phi) is 3.84. The molecule has 1 amide bonds. The highest BCUT2D eigenvalue weighted by atomic mass is 16.4. The Bertz CT molecular complexity index is 543. The zero-order valence-corrected chi connectivity index (χ0v) is 12.3. The van der Waals surface area contributed by atoms with Crippen molar-refractivity contribution in [2.75, 3.05) is 11.4 Å². The van der Waals surface area contributed by atoms with E-state index in [-0.39, 0.29) is 11.3 Å². The van der Waals surface area contributed by atoms with Gasteiger partial charge in [0, 0.05) is 18.7 Å². The first kappa shape index (κ1) is 14.6. The molecule has 2 rings (SSSR count). The Morgan fingerprint density at radius 2 is 2.00 bits per heavy atom. The third-order valence-corrected chi connectivity index (χ3v) is 3.46. The second kappa shape index (κ2) is 5.27. The minimum atomic E-state index is -0.924. The maximum Gasteiger partial charge on any atom is 0.336 e. The molecule has 20 heavy (non-hydrogen) atoms. The monoisotopic (exact) mass is 275 g/mol. The van der Waals surface area contributed by atoms with Crippen LogP contribution < -0.4 is 4.90 Å². The normalized spacial score (nSPS) is 14.8. The van der Waals surface area contributed by atoms with E-state index in [2.05, 4.69) is 0 Å². The molecule has 0 bridgehead atoms. The molecular formula is C16H21NO3. The van der Waals surface area contributed by atoms with E-state index in [0.29, 0.717) is 18.5 Å². The van der Waals surface area contributed by atoms with Crippen LogP contribution in [0.15, 0.2) is 18.2 Å². The smallest absolute Gasteiger partial charge is 0.336 e. The third kappa shape index (κ3) is 3.00. The second-order valence-electron chi connectivity index (χ2n) is 6.49. The number of benzene rings is 1. The predicted octanol–water partition coefficient (Wildman–Crippen LogP) is 3.10. The highest BCUT2D eigenvalue weighted by Crippen LogP contribution is 2.32. The molecule has 1 N–H and O–H groups in total. The fourth-order valence-electron chi connectivity index (χ4n) is 2.63. The molecule has 0 spiro atoms. The molecule has 0 aliphatic carbocycles. The van der Waals surface area contributed by atoms with E-state index in [1.807, 2.05) is 26.8 Å². The fraction of sp³-hybridized carbons (Fsp3) is 0.500. The summed E-state index contributed by atoms with van der Waals surface area (Å²) in [5.74, 6) is -0.854. The van der Waals surface area contributed by atoms with Crippen molar-refractivity contribution >= 4 is 17.6 Å². The summed E-state index contributed by atoms with van der Waals surface area (Å²) in [6.45, 7) is 6.77. The zero-order chi connectivity index (χ0) is 14.9. The van der Waals surface area contributed by atoms with E-state index in [4.69, 9.17) is 0 Å². The summed E-state index contributed by atoms with van der Waals surface area (Å²) in [5.41, 5.74) is 1.80. The predicted molar refractivity (Wildman–Crippen MR) is 78.1 cm³/mol. The molecule has 0 fully saturated rings. The molecule has 1 heterocycles. The summed E-state index contributed by atoms with van der Waals surface area (Å²) in [5, 5.41) is 9.25. The number of amides is 1. The van der Waals surface area contributed by atoms with E-state index < -0.39 is 5.97 Å². The largest absolute Gasteiger partial charge is 0.478 e. The Morgan fingerprint density at radius 3 is 2.60 bits per heavy atom. The molecule has 4 nitrogen and oxygen atoms in total. The van der Waals surface area contributed by atoms with Crippen molar-refractivity contribution in [2.24, 2.45) is 5.41 Å². The number of carboxylic acid groups (broad SMARTS) is 1. The van der Waals surface area contributed by atoms with Crippen LogP contribution in [0.25, 0.3) is 0 Å². The number of carboxylic acids is 1. The summed E-state index contributed by atoms with van der Waals surface area (Å²) in [6.07, 6.45) is 1.99. The Labute approximate surface area is 119 Å². The van der Waals surface area contributed by atoms with E-state index >= 15 is 0 Å². The summed E-state index contributed by atoms with van der Waals surface area (Å²) in [6, 6.07) is 5.17. The quantitative estimate of drug-likeness (QED) is 0.902. The molecule has 1 aromatic rings. The van der Waals surface area contributed by atoms with Gasteiger partial charge in [0.2, 0.25) is 5.91 Å². The molecule has 1 aliphatic heterocycles. The van der Waals surface area contributed by atoms with Crippen molar-refractivity contribution < 1.29 is 14.7 Å². The van der Waals surface area contributed by atoms with Crippen LogP contribution in [-0.2, 0) is 11.2 Å². The van der Waals surface area contributed by atoms with Gasteiger partial charge in [0.1, 0.15) is 0 Å². The maximum atomic E-state index is 12.4. The van der Waals surface area contributed by atoms with Gasteiger partial charge in [-0.15, -0.1) is 0 Å². The van der Waals surface area contributed by atoms with Gasteiger partial charge in [-0.2, -0.15) is 0 Å². The third-order valence-electron chi connectivity index (χ3n) is 3.46. The number of rotatable bonds is 2. The van der Waals surface area contributed by atoms with Crippen molar-refractivity contribution in [2.45, 2.75) is 40.0 Å². The van der Waals surface area contributed by atoms with Crippen LogP contribution in [-0.4, -0.2) is 23.5 Å². The van der Waals surface area contributed by atoms with Gasteiger partial charge in [-0.25, -0.2) is 4.79 Å². The van der Waals surface area contributed by atoms with Crippen molar-refractivity contribution in [3.8, 4) is 0 Å². The maximum absolute atomic E-state index is 12.4. The van der Waals surface area contributed by atoms with Crippen LogP contribution in [0, 0.1) is 5.41 Å². The molecule has 4 heteroatoms. The number of anilines is 1. The topological polar surface area (TPSA) is 57.6 Å². The number of carbonyl (C=O) groups excluding carboxylic acids is 1. The van der Waals surface area contributed by atoms with E-state index in [1.165, 1.54) is 0 Å². The van der Waals surface area contributed by atoms with Crippen LogP contribution >= 0.6 is 0 Å². The summed E-state index contributed by atoms with van der Waals surface area (Å²) in [4.78, 5) is 25.5. The molecule has 0 radical (unpaired) electrons. The molecule has 0 saturated carbocycles. The number of nitrogens with zero attached hydrogens (tertiary/aromatic N) is 1. The molecule has 0 aromatic heterocycles. The average Bonchev–Trinajstić information content (AvgIpc) is 2.35. The van der Waals surface area contributed by atoms with Crippen molar-refractivity contribution in [3.05, 3.63) is 29.3 Å². The van der Waals surface area contributed by atoms with E-state index in [1.54, 1.807) is 17.0 Å². The van der Waals surface area contributed by atoms with E-state index in [0.717, 1.165) is 24.1 Å². The summed E-state index contributed by atoms with van der Waals surface area (Å²) in [7, 11) is 0. The first-order chi connectivity index (χ1) is 9.29. The Hall–Kier alpha value is -1.84. The van der Waals surface area contributed by atoms with Crippen LogP contribution in [0.3, 0.4) is 0 Å². The molecule has 0 saturated heterocycles. The Balaban J connectivity index is 2.36. The lowest BCUT2D eigenvalue weighted by atomic mass is 9.90. The number of carbonyl (C=O) groups is 2. The molecule has 0 unspecified atom stereocenters. The molecule has 108 valence electrons. The Morgan fingerprint density at radius 1 is 1.30 bits per heavy atom. The SMILES string of the molecule is CC(C)(C)CC(=O)N1CCCc2c(C(=O)O)cccc21. The first-order valence-electron chi connectivity index (χ1n) is 6.95. The van der Waals surface area contributed by atoms with Crippen LogP contribution in [0.2, 0.25) is 0 Å². The minimum Gasteiger partial charge on any atom is -0.478 e. The number of hydrogen-bond donors (Lipinski definition) is 1. The van der Waals surface area contributed by atoms with Crippen LogP contribution in [0.5, 0.6) is 0 Å². The lowest BCUT2D eigenvalue weighted by Crippen LogP contribution is -2.37. The van der Waals surface area contributed by atoms with Gasteiger partial charge < -0.3 is 10.0 Å². The van der Waals surface area contributed by atoms with Crippen molar-refractivity contribution in [3.63, 3.8) is 0 Å². The van der Waals surface area contributed by atoms with Gasteiger partial charge >= 0.3 is 5.97 Å². The number of hydrogen-bond acceptors (Lipinski definition) is 2. The van der Waals surface area contributed by atoms with Gasteiger partial charge in [-0.1, -0.05) is 26.8 Å². The lowest BCUT2D eigenvalue weighted by molar-refractivity contribution is -0.120. The van der Waals surface area contributed by atoms with Gasteiger partial charge in [0.05, 0.1) is 5.56 Å². The molecule has 0 atom stereocenters.